The molecular formula is C14H26O3. The number of hydrogen-bond acceptors (Lipinski definition) is 3. The molecule has 0 bridgehead atoms. The van der Waals surface area contributed by atoms with Crippen molar-refractivity contribution >= 4 is 0 Å². The monoisotopic (exact) mass is 242 g/mol. The SMILES string of the molecule is C=C(OCCOCCOCCCC)C1CCC1. The Morgan fingerprint density at radius 3 is 2.29 bits per heavy atom. The summed E-state index contributed by atoms with van der Waals surface area (Å²) in [6, 6.07) is 0. The molecule has 1 aliphatic rings. The van der Waals surface area contributed by atoms with Gasteiger partial charge in [-0.1, -0.05) is 26.3 Å². The minimum Gasteiger partial charge on any atom is -0.496 e. The summed E-state index contributed by atoms with van der Waals surface area (Å²) in [4.78, 5) is 0. The molecule has 0 amide bonds. The summed E-state index contributed by atoms with van der Waals surface area (Å²) in [5.74, 6) is 1.55. The zero-order valence-corrected chi connectivity index (χ0v) is 11.1. The number of allylic oxidation sites excluding steroid dienone is 1. The molecule has 0 atom stereocenters. The third-order valence-corrected chi connectivity index (χ3v) is 3.09. The Labute approximate surface area is 105 Å². The third-order valence-electron chi connectivity index (χ3n) is 3.09. The molecule has 1 rings (SSSR count). The van der Waals surface area contributed by atoms with E-state index in [4.69, 9.17) is 14.2 Å². The van der Waals surface area contributed by atoms with Gasteiger partial charge in [-0.25, -0.2) is 0 Å². The maximum atomic E-state index is 5.53. The van der Waals surface area contributed by atoms with Crippen LogP contribution in [0, 0.1) is 5.92 Å². The molecule has 0 unspecified atom stereocenters. The average Bonchev–Trinajstić information content (AvgIpc) is 2.24. The lowest BCUT2D eigenvalue weighted by molar-refractivity contribution is 0.0210. The summed E-state index contributed by atoms with van der Waals surface area (Å²) in [5, 5.41) is 0. The maximum absolute atomic E-state index is 5.53. The first-order valence-electron chi connectivity index (χ1n) is 6.81. The second-order valence-corrected chi connectivity index (χ2v) is 4.52. The van der Waals surface area contributed by atoms with Gasteiger partial charge in [-0.05, 0) is 19.3 Å². The molecule has 0 aliphatic heterocycles. The molecule has 0 heterocycles. The van der Waals surface area contributed by atoms with Crippen molar-refractivity contribution in [1.29, 1.82) is 0 Å². The Balaban J connectivity index is 1.76. The summed E-state index contributed by atoms with van der Waals surface area (Å²) in [6.07, 6.45) is 6.11. The van der Waals surface area contributed by atoms with Crippen LogP contribution in [0.1, 0.15) is 39.0 Å². The highest BCUT2D eigenvalue weighted by Gasteiger charge is 2.21. The van der Waals surface area contributed by atoms with Gasteiger partial charge in [0.2, 0.25) is 0 Å². The Hall–Kier alpha value is -0.540. The number of ether oxygens (including phenoxy) is 3. The van der Waals surface area contributed by atoms with Crippen LogP contribution in [0.2, 0.25) is 0 Å². The van der Waals surface area contributed by atoms with Gasteiger partial charge in [0.15, 0.2) is 0 Å². The molecule has 0 aromatic rings. The van der Waals surface area contributed by atoms with Crippen molar-refractivity contribution in [3.8, 4) is 0 Å². The topological polar surface area (TPSA) is 27.7 Å². The van der Waals surface area contributed by atoms with Gasteiger partial charge in [0.25, 0.3) is 0 Å². The van der Waals surface area contributed by atoms with Gasteiger partial charge in [0.1, 0.15) is 6.61 Å². The van der Waals surface area contributed by atoms with E-state index >= 15 is 0 Å². The molecule has 1 fully saturated rings. The smallest absolute Gasteiger partial charge is 0.111 e. The van der Waals surface area contributed by atoms with Crippen LogP contribution < -0.4 is 0 Å². The van der Waals surface area contributed by atoms with Crippen LogP contribution in [0.4, 0.5) is 0 Å². The summed E-state index contributed by atoms with van der Waals surface area (Å²) in [7, 11) is 0. The summed E-state index contributed by atoms with van der Waals surface area (Å²) >= 11 is 0. The van der Waals surface area contributed by atoms with Gasteiger partial charge in [0, 0.05) is 12.5 Å². The fraction of sp³-hybridized carbons (Fsp3) is 0.857. The Kier molecular flexibility index (Phi) is 8.10. The van der Waals surface area contributed by atoms with Crippen molar-refractivity contribution in [1.82, 2.24) is 0 Å². The fourth-order valence-corrected chi connectivity index (χ4v) is 1.65. The van der Waals surface area contributed by atoms with E-state index in [0.717, 1.165) is 18.8 Å². The first-order chi connectivity index (χ1) is 8.34. The molecule has 100 valence electrons. The first kappa shape index (κ1) is 14.5. The van der Waals surface area contributed by atoms with E-state index in [0.29, 0.717) is 32.3 Å². The van der Waals surface area contributed by atoms with Gasteiger partial charge < -0.3 is 14.2 Å². The van der Waals surface area contributed by atoms with Crippen LogP contribution in [-0.2, 0) is 14.2 Å². The standard InChI is InChI=1S/C14H26O3/c1-3-4-8-15-9-10-16-11-12-17-13(2)14-6-5-7-14/h14H,2-12H2,1H3. The van der Waals surface area contributed by atoms with Crippen molar-refractivity contribution in [3.63, 3.8) is 0 Å². The van der Waals surface area contributed by atoms with Gasteiger partial charge >= 0.3 is 0 Å². The van der Waals surface area contributed by atoms with E-state index in [1.54, 1.807) is 0 Å². The Morgan fingerprint density at radius 2 is 1.71 bits per heavy atom. The molecule has 1 saturated carbocycles. The fourth-order valence-electron chi connectivity index (χ4n) is 1.65. The van der Waals surface area contributed by atoms with Gasteiger partial charge in [-0.2, -0.15) is 0 Å². The van der Waals surface area contributed by atoms with Crippen LogP contribution in [0.25, 0.3) is 0 Å². The van der Waals surface area contributed by atoms with Gasteiger partial charge in [-0.3, -0.25) is 0 Å². The van der Waals surface area contributed by atoms with Crippen LogP contribution in [0.5, 0.6) is 0 Å². The number of rotatable bonds is 11. The summed E-state index contributed by atoms with van der Waals surface area (Å²) in [5.41, 5.74) is 0. The molecule has 1 aliphatic carbocycles. The predicted octanol–water partition coefficient (Wildman–Crippen LogP) is 3.15. The third kappa shape index (κ3) is 6.69. The van der Waals surface area contributed by atoms with Crippen molar-refractivity contribution in [2.24, 2.45) is 5.92 Å². The molecule has 0 saturated heterocycles. The molecule has 3 heteroatoms. The highest BCUT2D eigenvalue weighted by atomic mass is 16.5. The molecule has 17 heavy (non-hydrogen) atoms. The highest BCUT2D eigenvalue weighted by molar-refractivity contribution is 4.95. The van der Waals surface area contributed by atoms with Crippen molar-refractivity contribution in [2.45, 2.75) is 39.0 Å². The molecule has 0 radical (unpaired) electrons. The molecule has 0 spiro atoms. The van der Waals surface area contributed by atoms with Crippen molar-refractivity contribution in [3.05, 3.63) is 12.3 Å². The van der Waals surface area contributed by atoms with E-state index in [9.17, 15) is 0 Å². The molecule has 0 aromatic carbocycles. The van der Waals surface area contributed by atoms with Crippen molar-refractivity contribution < 1.29 is 14.2 Å². The zero-order valence-electron chi connectivity index (χ0n) is 11.1. The van der Waals surface area contributed by atoms with Gasteiger partial charge in [0.05, 0.1) is 25.6 Å². The highest BCUT2D eigenvalue weighted by Crippen LogP contribution is 2.32. The van der Waals surface area contributed by atoms with E-state index in [1.165, 1.54) is 25.7 Å². The lowest BCUT2D eigenvalue weighted by Gasteiger charge is -2.27. The number of hydrogen-bond donors (Lipinski definition) is 0. The van der Waals surface area contributed by atoms with Gasteiger partial charge in [-0.15, -0.1) is 0 Å². The van der Waals surface area contributed by atoms with E-state index in [2.05, 4.69) is 13.5 Å². The minimum atomic E-state index is 0.604. The van der Waals surface area contributed by atoms with Crippen LogP contribution >= 0.6 is 0 Å². The zero-order chi connectivity index (χ0) is 12.3. The molecule has 0 aromatic heterocycles. The van der Waals surface area contributed by atoms with E-state index in [1.807, 2.05) is 0 Å². The Bertz CT molecular complexity index is 200. The second kappa shape index (κ2) is 9.49. The number of unbranched alkanes of at least 4 members (excludes halogenated alkanes) is 1. The first-order valence-corrected chi connectivity index (χ1v) is 6.81. The lowest BCUT2D eigenvalue weighted by Crippen LogP contribution is -2.17. The largest absolute Gasteiger partial charge is 0.496 e. The maximum Gasteiger partial charge on any atom is 0.111 e. The summed E-state index contributed by atoms with van der Waals surface area (Å²) < 4.78 is 16.3. The van der Waals surface area contributed by atoms with Crippen LogP contribution in [0.3, 0.4) is 0 Å². The normalized spacial score (nSPS) is 15.6. The second-order valence-electron chi connectivity index (χ2n) is 4.52. The van der Waals surface area contributed by atoms with Crippen LogP contribution in [0.15, 0.2) is 12.3 Å². The van der Waals surface area contributed by atoms with Crippen LogP contribution in [-0.4, -0.2) is 33.0 Å². The summed E-state index contributed by atoms with van der Waals surface area (Å²) in [6.45, 7) is 9.53. The molecule has 0 N–H and O–H groups in total. The molecular weight excluding hydrogens is 216 g/mol. The van der Waals surface area contributed by atoms with E-state index < -0.39 is 0 Å². The molecule has 3 nitrogen and oxygen atoms in total. The lowest BCUT2D eigenvalue weighted by atomic mass is 9.84. The van der Waals surface area contributed by atoms with Crippen molar-refractivity contribution in [2.75, 3.05) is 33.0 Å². The Morgan fingerprint density at radius 1 is 1.06 bits per heavy atom. The predicted molar refractivity (Wildman–Crippen MR) is 69.0 cm³/mol. The quantitative estimate of drug-likeness (QED) is 0.411. The van der Waals surface area contributed by atoms with E-state index in [-0.39, 0.29) is 0 Å². The minimum absolute atomic E-state index is 0.604. The average molecular weight is 242 g/mol.